The Morgan fingerprint density at radius 1 is 1.19 bits per heavy atom. The summed E-state index contributed by atoms with van der Waals surface area (Å²) in [6.45, 7) is 1.36. The van der Waals surface area contributed by atoms with Crippen molar-refractivity contribution in [3.8, 4) is 0 Å². The van der Waals surface area contributed by atoms with Gasteiger partial charge in [-0.25, -0.2) is 9.78 Å². The topological polar surface area (TPSA) is 60.0 Å². The van der Waals surface area contributed by atoms with Gasteiger partial charge >= 0.3 is 6.18 Å². The average Bonchev–Trinajstić information content (AvgIpc) is 2.64. The highest BCUT2D eigenvalue weighted by atomic mass is 19.4. The van der Waals surface area contributed by atoms with Crippen LogP contribution in [-0.4, -0.2) is 62.2 Å². The van der Waals surface area contributed by atoms with Crippen molar-refractivity contribution in [2.75, 3.05) is 39.5 Å². The third-order valence-electron chi connectivity index (χ3n) is 4.01. The van der Waals surface area contributed by atoms with E-state index in [1.165, 1.54) is 12.1 Å². The molecule has 1 atom stereocenters. The third kappa shape index (κ3) is 4.94. The Kier molecular flexibility index (Phi) is 7.39. The predicted octanol–water partition coefficient (Wildman–Crippen LogP) is 2.37. The minimum Gasteiger partial charge on any atom is -0.379 e. The Balaban J connectivity index is 2.28. The molecule has 0 bridgehead atoms. The zero-order valence-corrected chi connectivity index (χ0v) is 14.6. The molecule has 1 unspecified atom stereocenters. The van der Waals surface area contributed by atoms with E-state index in [1.54, 1.807) is 25.1 Å². The summed E-state index contributed by atoms with van der Waals surface area (Å²) < 4.78 is 47.5. The number of hydrogen-bond acceptors (Lipinski definition) is 5. The number of alkyl halides is 3. The lowest BCUT2D eigenvalue weighted by Crippen LogP contribution is -2.72. The van der Waals surface area contributed by atoms with Gasteiger partial charge < -0.3 is 10.1 Å². The molecule has 0 saturated carbocycles. The second-order valence-electron chi connectivity index (χ2n) is 5.86. The largest absolute Gasteiger partial charge is 0.427 e. The van der Waals surface area contributed by atoms with Crippen molar-refractivity contribution < 1.29 is 32.5 Å². The molecule has 1 aliphatic rings. The number of morpholine rings is 1. The first-order chi connectivity index (χ1) is 12.4. The summed E-state index contributed by atoms with van der Waals surface area (Å²) >= 11 is 0. The Labute approximate surface area is 150 Å². The van der Waals surface area contributed by atoms with Crippen molar-refractivity contribution in [2.45, 2.75) is 25.2 Å². The Hall–Kier alpha value is -1.68. The molecule has 0 spiro atoms. The van der Waals surface area contributed by atoms with Gasteiger partial charge in [-0.1, -0.05) is 25.1 Å². The van der Waals surface area contributed by atoms with Crippen LogP contribution in [0.25, 0.3) is 0 Å². The van der Waals surface area contributed by atoms with Crippen LogP contribution in [0, 0.1) is 0 Å². The van der Waals surface area contributed by atoms with E-state index in [0.717, 1.165) is 4.90 Å². The van der Waals surface area contributed by atoms with Gasteiger partial charge in [0, 0.05) is 18.7 Å². The zero-order chi connectivity index (χ0) is 19.0. The number of nitrogens with one attached hydrogen (secondary N) is 1. The molecule has 1 N–H and O–H groups in total. The van der Waals surface area contributed by atoms with E-state index in [4.69, 9.17) is 14.5 Å². The summed E-state index contributed by atoms with van der Waals surface area (Å²) in [5.74, 6) is -0.839. The molecule has 0 aromatic heterocycles. The van der Waals surface area contributed by atoms with E-state index in [-0.39, 0.29) is 38.5 Å². The third-order valence-corrected chi connectivity index (χ3v) is 4.01. The molecule has 1 aromatic carbocycles. The van der Waals surface area contributed by atoms with Gasteiger partial charge in [0.2, 0.25) is 5.66 Å². The highest BCUT2D eigenvalue weighted by Crippen LogP contribution is 2.35. The average molecular weight is 376 g/mol. The lowest BCUT2D eigenvalue weighted by molar-refractivity contribution is -0.347. The van der Waals surface area contributed by atoms with E-state index in [0.29, 0.717) is 6.42 Å². The molecule has 6 nitrogen and oxygen atoms in total. The van der Waals surface area contributed by atoms with Crippen LogP contribution in [0.15, 0.2) is 30.3 Å². The normalized spacial score (nSPS) is 18.3. The molecule has 1 fully saturated rings. The highest BCUT2D eigenvalue weighted by molar-refractivity contribution is 5.94. The molecule has 1 amide bonds. The Morgan fingerprint density at radius 3 is 2.42 bits per heavy atom. The van der Waals surface area contributed by atoms with Gasteiger partial charge in [-0.05, 0) is 18.6 Å². The first-order valence-electron chi connectivity index (χ1n) is 8.42. The summed E-state index contributed by atoms with van der Waals surface area (Å²) in [5, 5.41) is 2.13. The second kappa shape index (κ2) is 9.31. The SMILES string of the molecule is CCCOOCC(NC(=O)c1ccccc1)(N1CCOCC1)C(F)(F)F. The molecule has 1 aliphatic heterocycles. The molecule has 1 aromatic rings. The van der Waals surface area contributed by atoms with Crippen LogP contribution >= 0.6 is 0 Å². The molecule has 0 aliphatic carbocycles. The molecule has 1 saturated heterocycles. The van der Waals surface area contributed by atoms with Crippen LogP contribution in [0.1, 0.15) is 23.7 Å². The summed E-state index contributed by atoms with van der Waals surface area (Å²) in [6, 6.07) is 7.74. The van der Waals surface area contributed by atoms with Crippen molar-refractivity contribution >= 4 is 5.91 Å². The van der Waals surface area contributed by atoms with Crippen molar-refractivity contribution in [2.24, 2.45) is 0 Å². The summed E-state index contributed by atoms with van der Waals surface area (Å²) in [6.07, 6.45) is -4.20. The maximum Gasteiger partial charge on any atom is 0.427 e. The molecule has 0 radical (unpaired) electrons. The molecule has 146 valence electrons. The number of amides is 1. The monoisotopic (exact) mass is 376 g/mol. The number of halogens is 3. The van der Waals surface area contributed by atoms with Crippen LogP contribution < -0.4 is 5.32 Å². The van der Waals surface area contributed by atoms with Gasteiger partial charge in [-0.2, -0.15) is 13.2 Å². The van der Waals surface area contributed by atoms with Crippen molar-refractivity contribution in [3.63, 3.8) is 0 Å². The van der Waals surface area contributed by atoms with Crippen LogP contribution in [0.4, 0.5) is 13.2 Å². The Morgan fingerprint density at radius 2 is 1.85 bits per heavy atom. The minimum atomic E-state index is -4.79. The van der Waals surface area contributed by atoms with Crippen molar-refractivity contribution in [1.82, 2.24) is 10.2 Å². The maximum atomic E-state index is 14.1. The van der Waals surface area contributed by atoms with Crippen LogP contribution in [-0.2, 0) is 14.5 Å². The van der Waals surface area contributed by atoms with E-state index < -0.39 is 24.4 Å². The smallest absolute Gasteiger partial charge is 0.379 e. The predicted molar refractivity (Wildman–Crippen MR) is 87.3 cm³/mol. The first kappa shape index (κ1) is 20.6. The van der Waals surface area contributed by atoms with Crippen molar-refractivity contribution in [1.29, 1.82) is 0 Å². The molecular formula is C17H23F3N2O4. The number of benzene rings is 1. The van der Waals surface area contributed by atoms with E-state index in [9.17, 15) is 18.0 Å². The summed E-state index contributed by atoms with van der Waals surface area (Å²) in [5.41, 5.74) is -2.58. The van der Waals surface area contributed by atoms with E-state index in [2.05, 4.69) is 5.32 Å². The van der Waals surface area contributed by atoms with E-state index in [1.807, 2.05) is 0 Å². The molecule has 9 heteroatoms. The Bertz CT molecular complexity index is 565. The highest BCUT2D eigenvalue weighted by Gasteiger charge is 2.60. The fourth-order valence-corrected chi connectivity index (χ4v) is 2.60. The number of ether oxygens (including phenoxy) is 1. The fraction of sp³-hybridized carbons (Fsp3) is 0.588. The second-order valence-corrected chi connectivity index (χ2v) is 5.86. The standard InChI is InChI=1S/C17H23F3N2O4/c1-2-10-25-26-13-16(17(18,19)20,22-8-11-24-12-9-22)21-15(23)14-6-4-3-5-7-14/h3-7H,2,8-13H2,1H3,(H,21,23). The lowest BCUT2D eigenvalue weighted by atomic mass is 10.1. The van der Waals surface area contributed by atoms with Crippen LogP contribution in [0.2, 0.25) is 0 Å². The number of hydrogen-bond donors (Lipinski definition) is 1. The lowest BCUT2D eigenvalue weighted by Gasteiger charge is -2.45. The quantitative estimate of drug-likeness (QED) is 0.429. The minimum absolute atomic E-state index is 0.00567. The van der Waals surface area contributed by atoms with Gasteiger partial charge in [-0.15, -0.1) is 0 Å². The molecule has 26 heavy (non-hydrogen) atoms. The molecule has 2 rings (SSSR count). The van der Waals surface area contributed by atoms with Crippen LogP contribution in [0.3, 0.4) is 0 Å². The summed E-state index contributed by atoms with van der Waals surface area (Å²) in [4.78, 5) is 23.2. The number of carbonyl (C=O) groups is 1. The van der Waals surface area contributed by atoms with Gasteiger partial charge in [0.05, 0.1) is 19.8 Å². The zero-order valence-electron chi connectivity index (χ0n) is 14.6. The summed E-state index contributed by atoms with van der Waals surface area (Å²) in [7, 11) is 0. The van der Waals surface area contributed by atoms with Crippen molar-refractivity contribution in [3.05, 3.63) is 35.9 Å². The van der Waals surface area contributed by atoms with Gasteiger partial charge in [0.1, 0.15) is 6.61 Å². The molecule has 1 heterocycles. The molecular weight excluding hydrogens is 353 g/mol. The maximum absolute atomic E-state index is 14.1. The van der Waals surface area contributed by atoms with Gasteiger partial charge in [-0.3, -0.25) is 9.69 Å². The fourth-order valence-electron chi connectivity index (χ4n) is 2.60. The number of nitrogens with zero attached hydrogens (tertiary/aromatic N) is 1. The van der Waals surface area contributed by atoms with Gasteiger partial charge in [0.25, 0.3) is 5.91 Å². The number of rotatable bonds is 8. The van der Waals surface area contributed by atoms with Crippen LogP contribution in [0.5, 0.6) is 0 Å². The first-order valence-corrected chi connectivity index (χ1v) is 8.42. The van der Waals surface area contributed by atoms with E-state index >= 15 is 0 Å². The number of carbonyl (C=O) groups excluding carboxylic acids is 1. The van der Waals surface area contributed by atoms with Gasteiger partial charge in [0.15, 0.2) is 0 Å².